The predicted octanol–water partition coefficient (Wildman–Crippen LogP) is 4.83. The molecule has 0 radical (unpaired) electrons. The summed E-state index contributed by atoms with van der Waals surface area (Å²) in [7, 11) is 0. The second-order valence-electron chi connectivity index (χ2n) is 6.93. The van der Waals surface area contributed by atoms with E-state index in [4.69, 9.17) is 4.74 Å². The Kier molecular flexibility index (Phi) is 8.31. The summed E-state index contributed by atoms with van der Waals surface area (Å²) in [6, 6.07) is 24.6. The molecule has 166 valence electrons. The molecule has 2 amide bonds. The van der Waals surface area contributed by atoms with Crippen molar-refractivity contribution in [2.45, 2.75) is 6.92 Å². The van der Waals surface area contributed by atoms with Gasteiger partial charge in [0, 0.05) is 11.3 Å². The first kappa shape index (κ1) is 23.2. The molecular formula is C27H24N2O4. The molecule has 3 aromatic rings. The number of nitrogens with one attached hydrogen (secondary N) is 2. The van der Waals surface area contributed by atoms with Gasteiger partial charge in [0.1, 0.15) is 5.70 Å². The van der Waals surface area contributed by atoms with Crippen LogP contribution in [-0.4, -0.2) is 24.4 Å². The van der Waals surface area contributed by atoms with Crippen LogP contribution in [0, 0.1) is 0 Å². The molecular weight excluding hydrogens is 416 g/mol. The first-order valence-corrected chi connectivity index (χ1v) is 10.4. The van der Waals surface area contributed by atoms with E-state index in [-0.39, 0.29) is 12.3 Å². The number of rotatable bonds is 8. The highest BCUT2D eigenvalue weighted by molar-refractivity contribution is 6.08. The molecule has 0 fully saturated rings. The lowest BCUT2D eigenvalue weighted by molar-refractivity contribution is -0.113. The minimum atomic E-state index is -0.530. The number of hydrogen-bond acceptors (Lipinski definition) is 4. The summed E-state index contributed by atoms with van der Waals surface area (Å²) in [5.74, 6) is -1.42. The Morgan fingerprint density at radius 3 is 2.21 bits per heavy atom. The van der Waals surface area contributed by atoms with Gasteiger partial charge in [0.2, 0.25) is 0 Å². The molecule has 0 saturated carbocycles. The van der Waals surface area contributed by atoms with Crippen LogP contribution < -0.4 is 10.6 Å². The Bertz CT molecular complexity index is 1170. The number of amides is 2. The summed E-state index contributed by atoms with van der Waals surface area (Å²) in [6.45, 7) is 1.97. The van der Waals surface area contributed by atoms with E-state index in [0.29, 0.717) is 16.8 Å². The highest BCUT2D eigenvalue weighted by Gasteiger charge is 2.15. The third-order valence-electron chi connectivity index (χ3n) is 4.51. The molecule has 0 aromatic heterocycles. The van der Waals surface area contributed by atoms with E-state index in [1.165, 1.54) is 12.1 Å². The summed E-state index contributed by atoms with van der Waals surface area (Å²) >= 11 is 0. The highest BCUT2D eigenvalue weighted by Crippen LogP contribution is 2.13. The molecule has 0 aliphatic heterocycles. The number of hydrogen-bond donors (Lipinski definition) is 2. The molecule has 0 atom stereocenters. The second-order valence-corrected chi connectivity index (χ2v) is 6.93. The van der Waals surface area contributed by atoms with Crippen molar-refractivity contribution in [2.24, 2.45) is 0 Å². The zero-order valence-corrected chi connectivity index (χ0v) is 18.2. The molecule has 0 unspecified atom stereocenters. The molecule has 0 bridgehead atoms. The van der Waals surface area contributed by atoms with E-state index >= 15 is 0 Å². The zero-order valence-electron chi connectivity index (χ0n) is 18.2. The smallest absolute Gasteiger partial charge is 0.338 e. The lowest BCUT2D eigenvalue weighted by Gasteiger charge is -2.11. The molecule has 33 heavy (non-hydrogen) atoms. The van der Waals surface area contributed by atoms with Gasteiger partial charge in [-0.3, -0.25) is 9.59 Å². The molecule has 6 nitrogen and oxygen atoms in total. The van der Waals surface area contributed by atoms with Gasteiger partial charge in [-0.2, -0.15) is 0 Å². The monoisotopic (exact) mass is 440 g/mol. The van der Waals surface area contributed by atoms with Gasteiger partial charge in [-0.25, -0.2) is 4.79 Å². The van der Waals surface area contributed by atoms with Gasteiger partial charge < -0.3 is 15.4 Å². The summed E-state index contributed by atoms with van der Waals surface area (Å²) in [4.78, 5) is 37.6. The lowest BCUT2D eigenvalue weighted by Crippen LogP contribution is -2.30. The van der Waals surface area contributed by atoms with Crippen molar-refractivity contribution in [2.75, 3.05) is 11.9 Å². The van der Waals surface area contributed by atoms with Gasteiger partial charge in [0.05, 0.1) is 12.2 Å². The topological polar surface area (TPSA) is 84.5 Å². The Morgan fingerprint density at radius 2 is 1.52 bits per heavy atom. The van der Waals surface area contributed by atoms with Crippen molar-refractivity contribution in [3.63, 3.8) is 0 Å². The Labute approximate surface area is 192 Å². The van der Waals surface area contributed by atoms with E-state index in [1.54, 1.807) is 61.5 Å². The van der Waals surface area contributed by atoms with E-state index in [1.807, 2.05) is 36.4 Å². The highest BCUT2D eigenvalue weighted by atomic mass is 16.5. The summed E-state index contributed by atoms with van der Waals surface area (Å²) < 4.78 is 5.00. The quantitative estimate of drug-likeness (QED) is 0.299. The zero-order chi connectivity index (χ0) is 23.5. The first-order chi connectivity index (χ1) is 16.1. The van der Waals surface area contributed by atoms with E-state index in [2.05, 4.69) is 10.6 Å². The third-order valence-corrected chi connectivity index (χ3v) is 4.51. The summed E-state index contributed by atoms with van der Waals surface area (Å²) in [6.07, 6.45) is 5.03. The largest absolute Gasteiger partial charge is 0.462 e. The Hall–Kier alpha value is -4.45. The second kappa shape index (κ2) is 11.8. The van der Waals surface area contributed by atoms with Gasteiger partial charge in [-0.05, 0) is 48.9 Å². The molecule has 0 saturated heterocycles. The number of ether oxygens (including phenoxy) is 1. The van der Waals surface area contributed by atoms with Crippen LogP contribution in [0.2, 0.25) is 0 Å². The van der Waals surface area contributed by atoms with Crippen molar-refractivity contribution in [1.82, 2.24) is 5.32 Å². The van der Waals surface area contributed by atoms with Crippen molar-refractivity contribution < 1.29 is 19.1 Å². The number of esters is 1. The van der Waals surface area contributed by atoms with Gasteiger partial charge in [-0.1, -0.05) is 66.7 Å². The van der Waals surface area contributed by atoms with Crippen LogP contribution in [-0.2, 0) is 9.53 Å². The average Bonchev–Trinajstić information content (AvgIpc) is 2.85. The van der Waals surface area contributed by atoms with Crippen LogP contribution >= 0.6 is 0 Å². The maximum Gasteiger partial charge on any atom is 0.338 e. The predicted molar refractivity (Wildman–Crippen MR) is 128 cm³/mol. The van der Waals surface area contributed by atoms with Crippen LogP contribution in [0.1, 0.15) is 33.2 Å². The van der Waals surface area contributed by atoms with Crippen molar-refractivity contribution >= 4 is 29.5 Å². The molecule has 6 heteroatoms. The molecule has 0 heterocycles. The van der Waals surface area contributed by atoms with Gasteiger partial charge in [-0.15, -0.1) is 0 Å². The van der Waals surface area contributed by atoms with Gasteiger partial charge >= 0.3 is 5.97 Å². The standard InChI is InChI=1S/C27H24N2O4/c1-2-33-27(32)22-16-10-17-23(19-22)28-26(31)24(18-9-13-20-11-5-3-6-12-20)29-25(30)21-14-7-4-8-15-21/h3-19H,2H2,1H3,(H,28,31)(H,29,30)/b13-9-,24-18-. The van der Waals surface area contributed by atoms with Crippen LogP contribution in [0.25, 0.3) is 6.08 Å². The van der Waals surface area contributed by atoms with Crippen LogP contribution in [0.4, 0.5) is 5.69 Å². The Balaban J connectivity index is 1.82. The first-order valence-electron chi connectivity index (χ1n) is 10.4. The summed E-state index contributed by atoms with van der Waals surface area (Å²) in [5.41, 5.74) is 2.14. The lowest BCUT2D eigenvalue weighted by atomic mass is 10.2. The number of carbonyl (C=O) groups excluding carboxylic acids is 3. The van der Waals surface area contributed by atoms with Crippen LogP contribution in [0.3, 0.4) is 0 Å². The van der Waals surface area contributed by atoms with Crippen LogP contribution in [0.5, 0.6) is 0 Å². The number of anilines is 1. The van der Waals surface area contributed by atoms with E-state index in [9.17, 15) is 14.4 Å². The summed E-state index contributed by atoms with van der Waals surface area (Å²) in [5, 5.41) is 5.39. The van der Waals surface area contributed by atoms with Gasteiger partial charge in [0.15, 0.2) is 0 Å². The van der Waals surface area contributed by atoms with Crippen LogP contribution in [0.15, 0.2) is 103 Å². The number of benzene rings is 3. The van der Waals surface area contributed by atoms with Crippen molar-refractivity contribution in [3.05, 3.63) is 119 Å². The molecule has 3 rings (SSSR count). The van der Waals surface area contributed by atoms with E-state index in [0.717, 1.165) is 5.56 Å². The molecule has 3 aromatic carbocycles. The number of allylic oxidation sites excluding steroid dienone is 2. The average molecular weight is 440 g/mol. The maximum atomic E-state index is 13.0. The SMILES string of the molecule is CCOC(=O)c1cccc(NC(=O)/C(=C/C=C\c2ccccc2)NC(=O)c2ccccc2)c1. The van der Waals surface area contributed by atoms with E-state index < -0.39 is 17.8 Å². The molecule has 0 spiro atoms. The minimum absolute atomic E-state index is 0.0533. The molecule has 0 aliphatic carbocycles. The Morgan fingerprint density at radius 1 is 0.848 bits per heavy atom. The number of carbonyl (C=O) groups is 3. The third kappa shape index (κ3) is 7.04. The molecule has 0 aliphatic rings. The maximum absolute atomic E-state index is 13.0. The fourth-order valence-corrected chi connectivity index (χ4v) is 2.91. The fraction of sp³-hybridized carbons (Fsp3) is 0.0741. The fourth-order valence-electron chi connectivity index (χ4n) is 2.91. The molecule has 2 N–H and O–H groups in total. The normalized spacial score (nSPS) is 11.1. The van der Waals surface area contributed by atoms with Gasteiger partial charge in [0.25, 0.3) is 11.8 Å². The van der Waals surface area contributed by atoms with Crippen molar-refractivity contribution in [3.8, 4) is 0 Å². The van der Waals surface area contributed by atoms with Crippen molar-refractivity contribution in [1.29, 1.82) is 0 Å². The minimum Gasteiger partial charge on any atom is -0.462 e.